The van der Waals surface area contributed by atoms with E-state index >= 15 is 0 Å². The zero-order valence-corrected chi connectivity index (χ0v) is 12.7. The highest BCUT2D eigenvalue weighted by atomic mass is 16.7. The fourth-order valence-corrected chi connectivity index (χ4v) is 2.00. The summed E-state index contributed by atoms with van der Waals surface area (Å²) in [5, 5.41) is 0. The van der Waals surface area contributed by atoms with Gasteiger partial charge in [-0.2, -0.15) is 0 Å². The smallest absolute Gasteiger partial charge is 0.434 e. The number of benzene rings is 2. The number of carbonyl (C=O) groups excluding carboxylic acids is 3. The Kier molecular flexibility index (Phi) is 5.63. The number of aldehydes is 1. The van der Waals surface area contributed by atoms with Crippen molar-refractivity contribution in [3.63, 3.8) is 0 Å². The molecule has 2 aromatic carbocycles. The number of carbonyl (C=O) groups is 3. The van der Waals surface area contributed by atoms with Gasteiger partial charge in [0, 0.05) is 11.1 Å². The molecule has 5 nitrogen and oxygen atoms in total. The molecule has 0 heterocycles. The maximum absolute atomic E-state index is 12.7. The zero-order chi connectivity index (χ0) is 16.7. The van der Waals surface area contributed by atoms with Gasteiger partial charge in [0.1, 0.15) is 5.75 Å². The van der Waals surface area contributed by atoms with E-state index in [1.54, 1.807) is 36.4 Å². The molecule has 0 aliphatic heterocycles. The third kappa shape index (κ3) is 4.03. The fraction of sp³-hybridized carbons (Fsp3) is 0.167. The SMILES string of the molecule is CCCOC(=O)Oc1ccccc1C(=O)c1ccccc1C=O. The molecule has 0 radical (unpaired) electrons. The lowest BCUT2D eigenvalue weighted by atomic mass is 9.98. The molecule has 23 heavy (non-hydrogen) atoms. The number of para-hydroxylation sites is 1. The van der Waals surface area contributed by atoms with E-state index < -0.39 is 11.9 Å². The van der Waals surface area contributed by atoms with Crippen LogP contribution in [-0.4, -0.2) is 24.8 Å². The molecule has 5 heteroatoms. The van der Waals surface area contributed by atoms with Crippen molar-refractivity contribution in [1.82, 2.24) is 0 Å². The first-order valence-electron chi connectivity index (χ1n) is 7.20. The highest BCUT2D eigenvalue weighted by molar-refractivity contribution is 6.14. The van der Waals surface area contributed by atoms with E-state index in [1.807, 2.05) is 6.92 Å². The topological polar surface area (TPSA) is 69.7 Å². The third-order valence-corrected chi connectivity index (χ3v) is 3.08. The summed E-state index contributed by atoms with van der Waals surface area (Å²) in [5.41, 5.74) is 0.719. The summed E-state index contributed by atoms with van der Waals surface area (Å²) in [4.78, 5) is 35.3. The minimum atomic E-state index is -0.865. The molecule has 0 saturated carbocycles. The van der Waals surface area contributed by atoms with Crippen LogP contribution in [0.2, 0.25) is 0 Å². The molecule has 0 fully saturated rings. The zero-order valence-electron chi connectivity index (χ0n) is 12.7. The van der Waals surface area contributed by atoms with Gasteiger partial charge in [0.2, 0.25) is 0 Å². The Bertz CT molecular complexity index is 721. The van der Waals surface area contributed by atoms with E-state index in [-0.39, 0.29) is 29.0 Å². The quantitative estimate of drug-likeness (QED) is 0.352. The van der Waals surface area contributed by atoms with Gasteiger partial charge in [0.25, 0.3) is 0 Å². The first kappa shape index (κ1) is 16.4. The van der Waals surface area contributed by atoms with E-state index in [0.717, 1.165) is 0 Å². The van der Waals surface area contributed by atoms with Gasteiger partial charge in [-0.15, -0.1) is 0 Å². The van der Waals surface area contributed by atoms with Gasteiger partial charge >= 0.3 is 6.16 Å². The van der Waals surface area contributed by atoms with Gasteiger partial charge in [-0.3, -0.25) is 9.59 Å². The largest absolute Gasteiger partial charge is 0.513 e. The van der Waals surface area contributed by atoms with E-state index in [0.29, 0.717) is 12.7 Å². The molecule has 0 aromatic heterocycles. The minimum absolute atomic E-state index is 0.0966. The lowest BCUT2D eigenvalue weighted by Gasteiger charge is -2.10. The van der Waals surface area contributed by atoms with Crippen molar-refractivity contribution in [1.29, 1.82) is 0 Å². The first-order chi connectivity index (χ1) is 11.2. The van der Waals surface area contributed by atoms with Crippen LogP contribution in [-0.2, 0) is 4.74 Å². The highest BCUT2D eigenvalue weighted by Crippen LogP contribution is 2.23. The van der Waals surface area contributed by atoms with Crippen LogP contribution < -0.4 is 4.74 Å². The Hall–Kier alpha value is -2.95. The standard InChI is InChI=1S/C18H16O5/c1-2-11-22-18(21)23-16-10-6-5-9-15(16)17(20)14-8-4-3-7-13(14)12-19/h3-10,12H,2,11H2,1H3. The molecule has 0 spiro atoms. The van der Waals surface area contributed by atoms with Crippen LogP contribution in [0.3, 0.4) is 0 Å². The van der Waals surface area contributed by atoms with E-state index in [2.05, 4.69) is 0 Å². The number of ether oxygens (including phenoxy) is 2. The molecule has 0 unspecified atom stereocenters. The normalized spacial score (nSPS) is 9.96. The Labute approximate surface area is 133 Å². The molecular weight excluding hydrogens is 296 g/mol. The second kappa shape index (κ2) is 7.89. The van der Waals surface area contributed by atoms with Crippen LogP contribution in [0, 0.1) is 0 Å². The summed E-state index contributed by atoms with van der Waals surface area (Å²) in [6, 6.07) is 12.8. The Morgan fingerprint density at radius 3 is 2.35 bits per heavy atom. The van der Waals surface area contributed by atoms with Crippen molar-refractivity contribution in [2.75, 3.05) is 6.61 Å². The predicted octanol–water partition coefficient (Wildman–Crippen LogP) is 3.66. The van der Waals surface area contributed by atoms with Crippen LogP contribution in [0.4, 0.5) is 4.79 Å². The number of rotatable bonds is 6. The number of hydrogen-bond donors (Lipinski definition) is 0. The second-order valence-electron chi connectivity index (χ2n) is 4.73. The Morgan fingerprint density at radius 2 is 1.65 bits per heavy atom. The summed E-state index contributed by atoms with van der Waals surface area (Å²) in [5.74, 6) is -0.300. The van der Waals surface area contributed by atoms with Crippen LogP contribution in [0.25, 0.3) is 0 Å². The summed E-state index contributed by atoms with van der Waals surface area (Å²) in [7, 11) is 0. The van der Waals surface area contributed by atoms with E-state index in [1.165, 1.54) is 12.1 Å². The van der Waals surface area contributed by atoms with Crippen molar-refractivity contribution in [2.24, 2.45) is 0 Å². The lowest BCUT2D eigenvalue weighted by molar-refractivity contribution is 0.0968. The van der Waals surface area contributed by atoms with Crippen molar-refractivity contribution in [3.8, 4) is 5.75 Å². The average Bonchev–Trinajstić information content (AvgIpc) is 2.59. The van der Waals surface area contributed by atoms with E-state index in [4.69, 9.17) is 9.47 Å². The molecule has 2 rings (SSSR count). The van der Waals surface area contributed by atoms with Crippen molar-refractivity contribution in [2.45, 2.75) is 13.3 Å². The van der Waals surface area contributed by atoms with Crippen LogP contribution >= 0.6 is 0 Å². The highest BCUT2D eigenvalue weighted by Gasteiger charge is 2.19. The van der Waals surface area contributed by atoms with Gasteiger partial charge in [0.15, 0.2) is 12.1 Å². The first-order valence-corrected chi connectivity index (χ1v) is 7.20. The minimum Gasteiger partial charge on any atom is -0.434 e. The number of ketones is 1. The molecule has 0 aliphatic carbocycles. The lowest BCUT2D eigenvalue weighted by Crippen LogP contribution is -2.14. The summed E-state index contributed by atoms with van der Waals surface area (Å²) >= 11 is 0. The maximum Gasteiger partial charge on any atom is 0.513 e. The third-order valence-electron chi connectivity index (χ3n) is 3.08. The molecule has 118 valence electrons. The summed E-state index contributed by atoms with van der Waals surface area (Å²) in [6.07, 6.45) is 0.421. The van der Waals surface area contributed by atoms with Crippen LogP contribution in [0.1, 0.15) is 39.6 Å². The number of hydrogen-bond acceptors (Lipinski definition) is 5. The van der Waals surface area contributed by atoms with Crippen molar-refractivity contribution >= 4 is 18.2 Å². The van der Waals surface area contributed by atoms with Gasteiger partial charge in [-0.05, 0) is 18.6 Å². The van der Waals surface area contributed by atoms with Gasteiger partial charge in [-0.1, -0.05) is 43.3 Å². The molecule has 0 bridgehead atoms. The monoisotopic (exact) mass is 312 g/mol. The molecule has 0 aliphatic rings. The summed E-state index contributed by atoms with van der Waals surface area (Å²) < 4.78 is 9.95. The van der Waals surface area contributed by atoms with Gasteiger partial charge in [0.05, 0.1) is 12.2 Å². The Morgan fingerprint density at radius 1 is 1.00 bits per heavy atom. The molecule has 0 atom stereocenters. The van der Waals surface area contributed by atoms with Crippen molar-refractivity contribution in [3.05, 3.63) is 65.2 Å². The molecule has 0 saturated heterocycles. The molecule has 2 aromatic rings. The molecule has 0 amide bonds. The summed E-state index contributed by atoms with van der Waals surface area (Å²) in [6.45, 7) is 2.10. The van der Waals surface area contributed by atoms with Gasteiger partial charge in [-0.25, -0.2) is 4.79 Å². The Balaban J connectivity index is 2.31. The fourth-order valence-electron chi connectivity index (χ4n) is 2.00. The van der Waals surface area contributed by atoms with Gasteiger partial charge < -0.3 is 9.47 Å². The van der Waals surface area contributed by atoms with Crippen LogP contribution in [0.15, 0.2) is 48.5 Å². The van der Waals surface area contributed by atoms with E-state index in [9.17, 15) is 14.4 Å². The van der Waals surface area contributed by atoms with Crippen LogP contribution in [0.5, 0.6) is 5.75 Å². The average molecular weight is 312 g/mol. The molecular formula is C18H16O5. The maximum atomic E-state index is 12.7. The van der Waals surface area contributed by atoms with Crippen molar-refractivity contribution < 1.29 is 23.9 Å². The molecule has 0 N–H and O–H groups in total. The predicted molar refractivity (Wildman–Crippen MR) is 84.0 cm³/mol. The second-order valence-corrected chi connectivity index (χ2v) is 4.73.